The van der Waals surface area contributed by atoms with Crippen LogP contribution in [0.5, 0.6) is 5.75 Å². The van der Waals surface area contributed by atoms with Gasteiger partial charge in [0.15, 0.2) is 0 Å². The second kappa shape index (κ2) is 9.07. The van der Waals surface area contributed by atoms with E-state index in [1.165, 1.54) is 0 Å². The molecule has 3 aromatic rings. The third kappa shape index (κ3) is 4.42. The first kappa shape index (κ1) is 21.3. The fourth-order valence-electron chi connectivity index (χ4n) is 3.38. The van der Waals surface area contributed by atoms with Gasteiger partial charge < -0.3 is 14.8 Å². The number of nitrogens with one attached hydrogen (secondary N) is 1. The van der Waals surface area contributed by atoms with Crippen molar-refractivity contribution < 1.29 is 14.3 Å². The number of carbonyl (C=O) groups excluding carboxylic acids is 1. The molecule has 0 saturated carbocycles. The van der Waals surface area contributed by atoms with E-state index in [0.29, 0.717) is 34.6 Å². The van der Waals surface area contributed by atoms with Gasteiger partial charge in [0.2, 0.25) is 5.95 Å². The van der Waals surface area contributed by atoms with E-state index in [1.54, 1.807) is 18.5 Å². The minimum absolute atomic E-state index is 0.253. The topological polar surface area (TPSA) is 91.2 Å². The van der Waals surface area contributed by atoms with Gasteiger partial charge in [-0.1, -0.05) is 44.8 Å². The first-order chi connectivity index (χ1) is 15.0. The predicted molar refractivity (Wildman–Crippen MR) is 119 cm³/mol. The Labute approximate surface area is 192 Å². The number of ether oxygens (including phenoxy) is 2. The highest BCUT2D eigenvalue weighted by atomic mass is 79.9. The fourth-order valence-corrected chi connectivity index (χ4v) is 3.88. The molecule has 1 N–H and O–H groups in total. The Hall–Kier alpha value is -2.91. The maximum atomic E-state index is 12.9. The van der Waals surface area contributed by atoms with E-state index >= 15 is 0 Å². The van der Waals surface area contributed by atoms with Gasteiger partial charge in [0.05, 0.1) is 12.2 Å². The van der Waals surface area contributed by atoms with Crippen LogP contribution >= 0.6 is 27.5 Å². The number of anilines is 1. The molecule has 31 heavy (non-hydrogen) atoms. The first-order valence-electron chi connectivity index (χ1n) is 9.57. The van der Waals surface area contributed by atoms with Crippen LogP contribution in [0.1, 0.15) is 31.0 Å². The van der Waals surface area contributed by atoms with Crippen molar-refractivity contribution in [1.29, 1.82) is 0 Å². The number of hydrogen-bond donors (Lipinski definition) is 1. The molecule has 4 rings (SSSR count). The van der Waals surface area contributed by atoms with Crippen molar-refractivity contribution in [3.05, 3.63) is 74.4 Å². The van der Waals surface area contributed by atoms with Crippen molar-refractivity contribution in [2.24, 2.45) is 0 Å². The number of fused-ring (bicyclic) bond motifs is 1. The Morgan fingerprint density at radius 3 is 2.77 bits per heavy atom. The summed E-state index contributed by atoms with van der Waals surface area (Å²) in [5.74, 6) is 0.586. The van der Waals surface area contributed by atoms with Gasteiger partial charge in [0.25, 0.3) is 0 Å². The van der Waals surface area contributed by atoms with Crippen LogP contribution in [0.2, 0.25) is 5.02 Å². The number of tetrazole rings is 1. The van der Waals surface area contributed by atoms with E-state index in [-0.39, 0.29) is 6.61 Å². The average molecular weight is 505 g/mol. The Balaban J connectivity index is 1.76. The molecular weight excluding hydrogens is 486 g/mol. The third-order valence-corrected chi connectivity index (χ3v) is 5.53. The number of esters is 1. The van der Waals surface area contributed by atoms with E-state index in [4.69, 9.17) is 21.1 Å². The lowest BCUT2D eigenvalue weighted by molar-refractivity contribution is -0.139. The molecular formula is C21H19BrClN5O3. The summed E-state index contributed by atoms with van der Waals surface area (Å²) in [6.07, 6.45) is 0. The van der Waals surface area contributed by atoms with E-state index in [0.717, 1.165) is 15.6 Å². The molecule has 1 aromatic heterocycles. The van der Waals surface area contributed by atoms with Crippen LogP contribution < -0.4 is 10.1 Å². The van der Waals surface area contributed by atoms with Crippen molar-refractivity contribution in [2.45, 2.75) is 26.5 Å². The zero-order chi connectivity index (χ0) is 22.0. The molecule has 0 aliphatic carbocycles. The van der Waals surface area contributed by atoms with Crippen molar-refractivity contribution in [3.63, 3.8) is 0 Å². The smallest absolute Gasteiger partial charge is 0.338 e. The summed E-state index contributed by atoms with van der Waals surface area (Å²) < 4.78 is 13.8. The van der Waals surface area contributed by atoms with Gasteiger partial charge in [-0.25, -0.2) is 4.79 Å². The van der Waals surface area contributed by atoms with Gasteiger partial charge in [-0.05, 0) is 60.2 Å². The van der Waals surface area contributed by atoms with Crippen LogP contribution in [0.3, 0.4) is 0 Å². The lowest BCUT2D eigenvalue weighted by Gasteiger charge is -2.28. The molecule has 0 bridgehead atoms. The molecule has 0 radical (unpaired) electrons. The number of carbonyl (C=O) groups is 1. The van der Waals surface area contributed by atoms with Crippen LogP contribution in [0.15, 0.2) is 58.2 Å². The Morgan fingerprint density at radius 2 is 2.03 bits per heavy atom. The Bertz CT molecular complexity index is 1150. The fraction of sp³-hybridized carbons (Fsp3) is 0.238. The van der Waals surface area contributed by atoms with E-state index in [1.807, 2.05) is 42.5 Å². The Morgan fingerprint density at radius 1 is 1.26 bits per heavy atom. The molecule has 0 spiro atoms. The monoisotopic (exact) mass is 503 g/mol. The zero-order valence-corrected chi connectivity index (χ0v) is 19.1. The third-order valence-electron chi connectivity index (χ3n) is 4.78. The summed E-state index contributed by atoms with van der Waals surface area (Å²) in [5.41, 5.74) is 2.72. The van der Waals surface area contributed by atoms with E-state index < -0.39 is 12.0 Å². The van der Waals surface area contributed by atoms with Crippen molar-refractivity contribution in [1.82, 2.24) is 20.2 Å². The molecule has 0 amide bonds. The SMILES string of the molecule is CCOC(=O)C1=C(C)Nc2nnnn2C1c1cc(Br)ccc1OCc1ccc(Cl)cc1. The number of nitrogens with zero attached hydrogens (tertiary/aromatic N) is 4. The number of hydrogen-bond acceptors (Lipinski definition) is 7. The number of allylic oxidation sites excluding steroid dienone is 1. The number of benzene rings is 2. The summed E-state index contributed by atoms with van der Waals surface area (Å²) in [4.78, 5) is 12.9. The quantitative estimate of drug-likeness (QED) is 0.494. The number of aromatic nitrogens is 4. The standard InChI is InChI=1S/C21H19BrClN5O3/c1-3-30-20(29)18-12(2)24-21-25-26-27-28(21)19(18)16-10-14(22)6-9-17(16)31-11-13-4-7-15(23)8-5-13/h4-10,19H,3,11H2,1-2H3,(H,24,25,27). The second-order valence-electron chi connectivity index (χ2n) is 6.83. The summed E-state index contributed by atoms with van der Waals surface area (Å²) in [6.45, 7) is 4.14. The number of rotatable bonds is 6. The molecule has 2 heterocycles. The minimum Gasteiger partial charge on any atom is -0.489 e. The van der Waals surface area contributed by atoms with Crippen LogP contribution in [0.4, 0.5) is 5.95 Å². The van der Waals surface area contributed by atoms with Gasteiger partial charge >= 0.3 is 5.97 Å². The van der Waals surface area contributed by atoms with Crippen LogP contribution in [0.25, 0.3) is 0 Å². The summed E-state index contributed by atoms with van der Waals surface area (Å²) in [6, 6.07) is 12.4. The van der Waals surface area contributed by atoms with Crippen molar-refractivity contribution in [2.75, 3.05) is 11.9 Å². The van der Waals surface area contributed by atoms with Gasteiger partial charge in [0.1, 0.15) is 18.4 Å². The maximum absolute atomic E-state index is 12.9. The highest BCUT2D eigenvalue weighted by Gasteiger charge is 2.36. The van der Waals surface area contributed by atoms with Crippen LogP contribution in [-0.2, 0) is 16.1 Å². The second-order valence-corrected chi connectivity index (χ2v) is 8.18. The predicted octanol–water partition coefficient (Wildman–Crippen LogP) is 4.52. The van der Waals surface area contributed by atoms with E-state index in [9.17, 15) is 4.79 Å². The minimum atomic E-state index is -0.622. The summed E-state index contributed by atoms with van der Waals surface area (Å²) in [5, 5.41) is 15.6. The highest BCUT2D eigenvalue weighted by Crippen LogP contribution is 2.40. The molecule has 2 aromatic carbocycles. The number of halogens is 2. The molecule has 160 valence electrons. The first-order valence-corrected chi connectivity index (χ1v) is 10.7. The van der Waals surface area contributed by atoms with Crippen molar-refractivity contribution in [3.8, 4) is 5.75 Å². The van der Waals surface area contributed by atoms with Crippen molar-refractivity contribution >= 4 is 39.4 Å². The lowest BCUT2D eigenvalue weighted by Crippen LogP contribution is -2.30. The molecule has 10 heteroatoms. The van der Waals surface area contributed by atoms with Gasteiger partial charge in [-0.2, -0.15) is 4.68 Å². The molecule has 1 unspecified atom stereocenters. The zero-order valence-electron chi connectivity index (χ0n) is 16.8. The highest BCUT2D eigenvalue weighted by molar-refractivity contribution is 9.10. The average Bonchev–Trinajstić information content (AvgIpc) is 3.21. The normalized spacial score (nSPS) is 15.3. The maximum Gasteiger partial charge on any atom is 0.338 e. The molecule has 1 aliphatic heterocycles. The Kier molecular flexibility index (Phi) is 6.24. The van der Waals surface area contributed by atoms with Gasteiger partial charge in [0, 0.05) is 20.8 Å². The van der Waals surface area contributed by atoms with E-state index in [2.05, 4.69) is 36.8 Å². The van der Waals surface area contributed by atoms with Gasteiger partial charge in [-0.15, -0.1) is 0 Å². The molecule has 1 atom stereocenters. The van der Waals surface area contributed by atoms with Gasteiger partial charge in [-0.3, -0.25) is 0 Å². The molecule has 8 nitrogen and oxygen atoms in total. The molecule has 0 fully saturated rings. The van der Waals surface area contributed by atoms with Crippen LogP contribution in [0, 0.1) is 0 Å². The summed E-state index contributed by atoms with van der Waals surface area (Å²) in [7, 11) is 0. The lowest BCUT2D eigenvalue weighted by atomic mass is 9.95. The molecule has 0 saturated heterocycles. The summed E-state index contributed by atoms with van der Waals surface area (Å²) >= 11 is 9.49. The van der Waals surface area contributed by atoms with Crippen LogP contribution in [-0.4, -0.2) is 32.8 Å². The largest absolute Gasteiger partial charge is 0.489 e. The molecule has 1 aliphatic rings.